The van der Waals surface area contributed by atoms with Crippen LogP contribution in [0.5, 0.6) is 11.5 Å². The van der Waals surface area contributed by atoms with Gasteiger partial charge in [0.1, 0.15) is 17.3 Å². The Bertz CT molecular complexity index is 1150. The van der Waals surface area contributed by atoms with Gasteiger partial charge in [-0.1, -0.05) is 42.5 Å². The lowest BCUT2D eigenvalue weighted by atomic mass is 10.00. The van der Waals surface area contributed by atoms with E-state index in [1.807, 2.05) is 0 Å². The Morgan fingerprint density at radius 1 is 0.875 bits per heavy atom. The average molecular weight is 430 g/mol. The van der Waals surface area contributed by atoms with Gasteiger partial charge in [-0.15, -0.1) is 0 Å². The molecule has 7 heteroatoms. The van der Waals surface area contributed by atoms with Crippen LogP contribution in [0.1, 0.15) is 40.4 Å². The van der Waals surface area contributed by atoms with Gasteiger partial charge in [0.2, 0.25) is 0 Å². The van der Waals surface area contributed by atoms with Crippen molar-refractivity contribution in [1.82, 2.24) is 0 Å². The fraction of sp³-hybridized carbons (Fsp3) is 0.120. The predicted octanol–water partition coefficient (Wildman–Crippen LogP) is 3.67. The number of hydrogen-bond acceptors (Lipinski definition) is 6. The van der Waals surface area contributed by atoms with Crippen LogP contribution in [-0.2, 0) is 16.0 Å². The summed E-state index contributed by atoms with van der Waals surface area (Å²) in [5.74, 6) is -0.901. The lowest BCUT2D eigenvalue weighted by Crippen LogP contribution is -2.15. The molecule has 3 aromatic rings. The summed E-state index contributed by atoms with van der Waals surface area (Å²) in [6.45, 7) is 1.32. The lowest BCUT2D eigenvalue weighted by molar-refractivity contribution is -0.134. The van der Waals surface area contributed by atoms with Gasteiger partial charge in [0.25, 0.3) is 0 Å². The molecule has 3 rings (SSSR count). The molecule has 3 N–H and O–H groups in total. The van der Waals surface area contributed by atoms with E-state index in [1.54, 1.807) is 54.6 Å². The zero-order valence-corrected chi connectivity index (χ0v) is 17.5. The molecule has 0 unspecified atom stereocenters. The highest BCUT2D eigenvalue weighted by Crippen LogP contribution is 2.24. The summed E-state index contributed by atoms with van der Waals surface area (Å²) in [7, 11) is 0. The molecule has 0 heterocycles. The van der Waals surface area contributed by atoms with E-state index in [2.05, 4.69) is 0 Å². The number of esters is 2. The second-order valence-electron chi connectivity index (χ2n) is 7.03. The highest BCUT2D eigenvalue weighted by atomic mass is 16.5. The maximum absolute atomic E-state index is 13.0. The minimum Gasteiger partial charge on any atom is -0.427 e. The molecule has 7 nitrogen and oxygen atoms in total. The zero-order valence-electron chi connectivity index (χ0n) is 17.5. The van der Waals surface area contributed by atoms with E-state index < -0.39 is 11.9 Å². The standard InChI is InChI=1S/C25H22N2O5/c1-16(28)31-20-11-7-17(8-12-20)9-14-23(29)32-22-13-10-19(25(26)27)15-21(22)24(30)18-5-3-2-4-6-18/h2-8,10-13,15H,9,14H2,1H3,(H3,26,27). The number of rotatable bonds is 8. The van der Waals surface area contributed by atoms with Gasteiger partial charge in [0, 0.05) is 24.5 Å². The Morgan fingerprint density at radius 3 is 2.19 bits per heavy atom. The first-order valence-corrected chi connectivity index (χ1v) is 9.89. The number of nitrogens with two attached hydrogens (primary N) is 1. The molecular weight excluding hydrogens is 408 g/mol. The van der Waals surface area contributed by atoms with Crippen molar-refractivity contribution in [1.29, 1.82) is 5.41 Å². The van der Waals surface area contributed by atoms with Gasteiger partial charge in [0.05, 0.1) is 5.56 Å². The summed E-state index contributed by atoms with van der Waals surface area (Å²) in [5.41, 5.74) is 7.37. The van der Waals surface area contributed by atoms with E-state index >= 15 is 0 Å². The smallest absolute Gasteiger partial charge is 0.311 e. The Labute approximate surface area is 185 Å². The van der Waals surface area contributed by atoms with E-state index in [0.717, 1.165) is 5.56 Å². The molecule has 0 spiro atoms. The highest BCUT2D eigenvalue weighted by molar-refractivity contribution is 6.12. The number of nitrogens with one attached hydrogen (secondary N) is 1. The fourth-order valence-corrected chi connectivity index (χ4v) is 3.02. The monoisotopic (exact) mass is 430 g/mol. The Morgan fingerprint density at radius 2 is 1.56 bits per heavy atom. The molecule has 162 valence electrons. The summed E-state index contributed by atoms with van der Waals surface area (Å²) < 4.78 is 10.5. The molecule has 0 aliphatic carbocycles. The van der Waals surface area contributed by atoms with Crippen molar-refractivity contribution in [3.05, 3.63) is 95.1 Å². The van der Waals surface area contributed by atoms with Crippen LogP contribution in [0.3, 0.4) is 0 Å². The number of nitrogen functional groups attached to an aromatic ring is 1. The van der Waals surface area contributed by atoms with Gasteiger partial charge in [-0.25, -0.2) is 0 Å². The van der Waals surface area contributed by atoms with Crippen LogP contribution >= 0.6 is 0 Å². The van der Waals surface area contributed by atoms with Crippen molar-refractivity contribution in [3.63, 3.8) is 0 Å². The predicted molar refractivity (Wildman–Crippen MR) is 119 cm³/mol. The van der Waals surface area contributed by atoms with Crippen LogP contribution in [0, 0.1) is 5.41 Å². The van der Waals surface area contributed by atoms with Gasteiger partial charge in [-0.05, 0) is 42.3 Å². The number of ketones is 1. The maximum atomic E-state index is 13.0. The largest absolute Gasteiger partial charge is 0.427 e. The molecule has 0 fully saturated rings. The molecule has 0 aliphatic rings. The van der Waals surface area contributed by atoms with E-state index in [4.69, 9.17) is 20.6 Å². The average Bonchev–Trinajstić information content (AvgIpc) is 2.78. The first-order valence-electron chi connectivity index (χ1n) is 9.89. The van der Waals surface area contributed by atoms with E-state index in [9.17, 15) is 14.4 Å². The van der Waals surface area contributed by atoms with E-state index in [1.165, 1.54) is 25.1 Å². The normalized spacial score (nSPS) is 10.3. The zero-order chi connectivity index (χ0) is 23.1. The first kappa shape index (κ1) is 22.4. The number of carbonyl (C=O) groups excluding carboxylic acids is 3. The number of hydrogen-bond donors (Lipinski definition) is 2. The minimum absolute atomic E-state index is 0.0837. The molecule has 0 amide bonds. The number of ether oxygens (including phenoxy) is 2. The SMILES string of the molecule is CC(=O)Oc1ccc(CCC(=O)Oc2ccc(C(=N)N)cc2C(=O)c2ccccc2)cc1. The summed E-state index contributed by atoms with van der Waals surface area (Å²) >= 11 is 0. The summed E-state index contributed by atoms with van der Waals surface area (Å²) in [6.07, 6.45) is 0.493. The Hall–Kier alpha value is -4.26. The van der Waals surface area contributed by atoms with Gasteiger partial charge < -0.3 is 15.2 Å². The second-order valence-corrected chi connectivity index (χ2v) is 7.03. The van der Waals surface area contributed by atoms with Crippen molar-refractivity contribution >= 4 is 23.6 Å². The van der Waals surface area contributed by atoms with Crippen molar-refractivity contribution < 1.29 is 23.9 Å². The van der Waals surface area contributed by atoms with Gasteiger partial charge in [-0.3, -0.25) is 19.8 Å². The number of amidine groups is 1. The van der Waals surface area contributed by atoms with Crippen molar-refractivity contribution in [2.24, 2.45) is 5.73 Å². The second kappa shape index (κ2) is 10.2. The minimum atomic E-state index is -0.508. The molecule has 32 heavy (non-hydrogen) atoms. The third-order valence-corrected chi connectivity index (χ3v) is 4.60. The van der Waals surface area contributed by atoms with Crippen LogP contribution in [0.4, 0.5) is 0 Å². The summed E-state index contributed by atoms with van der Waals surface area (Å²) in [6, 6.07) is 19.9. The van der Waals surface area contributed by atoms with Crippen molar-refractivity contribution in [2.75, 3.05) is 0 Å². The number of benzene rings is 3. The quantitative estimate of drug-likeness (QED) is 0.185. The van der Waals surface area contributed by atoms with Crippen LogP contribution in [0.15, 0.2) is 72.8 Å². The molecule has 0 saturated heterocycles. The summed E-state index contributed by atoms with van der Waals surface area (Å²) in [5, 5.41) is 7.63. The van der Waals surface area contributed by atoms with Crippen LogP contribution in [0.2, 0.25) is 0 Å². The molecule has 0 radical (unpaired) electrons. The molecule has 0 saturated carbocycles. The third-order valence-electron chi connectivity index (χ3n) is 4.60. The molecule has 0 atom stereocenters. The first-order chi connectivity index (χ1) is 15.3. The molecule has 0 bridgehead atoms. The van der Waals surface area contributed by atoms with Gasteiger partial charge in [-0.2, -0.15) is 0 Å². The fourth-order valence-electron chi connectivity index (χ4n) is 3.02. The summed E-state index contributed by atoms with van der Waals surface area (Å²) in [4.78, 5) is 36.4. The molecule has 0 aromatic heterocycles. The molecule has 0 aliphatic heterocycles. The van der Waals surface area contributed by atoms with E-state index in [0.29, 0.717) is 23.3 Å². The lowest BCUT2D eigenvalue weighted by Gasteiger charge is -2.11. The topological polar surface area (TPSA) is 120 Å². The van der Waals surface area contributed by atoms with Crippen molar-refractivity contribution in [3.8, 4) is 11.5 Å². The van der Waals surface area contributed by atoms with Gasteiger partial charge in [0.15, 0.2) is 5.78 Å². The maximum Gasteiger partial charge on any atom is 0.311 e. The van der Waals surface area contributed by atoms with Crippen LogP contribution in [-0.4, -0.2) is 23.6 Å². The highest BCUT2D eigenvalue weighted by Gasteiger charge is 2.18. The molecule has 3 aromatic carbocycles. The van der Waals surface area contributed by atoms with Crippen LogP contribution < -0.4 is 15.2 Å². The number of carbonyl (C=O) groups is 3. The third kappa shape index (κ3) is 5.89. The van der Waals surface area contributed by atoms with Crippen LogP contribution in [0.25, 0.3) is 0 Å². The Balaban J connectivity index is 1.73. The van der Waals surface area contributed by atoms with Gasteiger partial charge >= 0.3 is 11.9 Å². The Kier molecular flexibility index (Phi) is 7.13. The van der Waals surface area contributed by atoms with E-state index in [-0.39, 0.29) is 29.4 Å². The number of aryl methyl sites for hydroxylation is 1. The molecular formula is C25H22N2O5. The van der Waals surface area contributed by atoms with Crippen molar-refractivity contribution in [2.45, 2.75) is 19.8 Å².